The molecule has 14 heavy (non-hydrogen) atoms. The second-order valence-electron chi connectivity index (χ2n) is 4.38. The molecule has 80 valence electrons. The Morgan fingerprint density at radius 3 is 2.71 bits per heavy atom. The Morgan fingerprint density at radius 2 is 2.14 bits per heavy atom. The third-order valence-corrected chi connectivity index (χ3v) is 2.85. The Labute approximate surface area is 87.7 Å². The Balaban J connectivity index is 1.96. The van der Waals surface area contributed by atoms with Gasteiger partial charge in [-0.15, -0.1) is 0 Å². The standard InChI is InChI=1S/C12H22N2/c1-2-3-4-5-6-12(9-13)14-10-11-7-8-11/h11-12,14H,2-8,10H2,1H3. The predicted molar refractivity (Wildman–Crippen MR) is 58.9 cm³/mol. The molecule has 0 amide bonds. The molecule has 2 nitrogen and oxygen atoms in total. The monoisotopic (exact) mass is 194 g/mol. The first-order valence-corrected chi connectivity index (χ1v) is 5.99. The lowest BCUT2D eigenvalue weighted by Crippen LogP contribution is -2.29. The van der Waals surface area contributed by atoms with Crippen LogP contribution in [-0.2, 0) is 0 Å². The van der Waals surface area contributed by atoms with E-state index in [2.05, 4.69) is 18.3 Å². The molecule has 1 fully saturated rings. The normalized spacial score (nSPS) is 17.7. The van der Waals surface area contributed by atoms with E-state index in [9.17, 15) is 0 Å². The van der Waals surface area contributed by atoms with Crippen molar-refractivity contribution in [1.29, 1.82) is 5.26 Å². The van der Waals surface area contributed by atoms with Gasteiger partial charge in [0.2, 0.25) is 0 Å². The molecule has 0 aromatic rings. The van der Waals surface area contributed by atoms with Crippen molar-refractivity contribution in [3.8, 4) is 6.07 Å². The molecule has 0 aliphatic heterocycles. The van der Waals surface area contributed by atoms with Crippen molar-refractivity contribution in [1.82, 2.24) is 5.32 Å². The van der Waals surface area contributed by atoms with Crippen LogP contribution in [0.2, 0.25) is 0 Å². The number of nitrogens with zero attached hydrogens (tertiary/aromatic N) is 1. The maximum Gasteiger partial charge on any atom is 0.0953 e. The third kappa shape index (κ3) is 5.24. The van der Waals surface area contributed by atoms with Crippen molar-refractivity contribution in [3.63, 3.8) is 0 Å². The lowest BCUT2D eigenvalue weighted by Gasteiger charge is -2.10. The first-order valence-electron chi connectivity index (χ1n) is 5.99. The topological polar surface area (TPSA) is 35.8 Å². The zero-order chi connectivity index (χ0) is 10.2. The molecule has 0 aromatic heterocycles. The van der Waals surface area contributed by atoms with E-state index in [1.54, 1.807) is 0 Å². The molecule has 0 bridgehead atoms. The minimum atomic E-state index is 0.104. The summed E-state index contributed by atoms with van der Waals surface area (Å²) in [5, 5.41) is 12.3. The first-order chi connectivity index (χ1) is 6.86. The van der Waals surface area contributed by atoms with E-state index in [4.69, 9.17) is 5.26 Å². The number of hydrogen-bond donors (Lipinski definition) is 1. The number of nitriles is 1. The summed E-state index contributed by atoms with van der Waals surface area (Å²) in [6.07, 6.45) is 8.81. The summed E-state index contributed by atoms with van der Waals surface area (Å²) in [5.74, 6) is 0.876. The minimum Gasteiger partial charge on any atom is -0.302 e. The summed E-state index contributed by atoms with van der Waals surface area (Å²) in [7, 11) is 0. The van der Waals surface area contributed by atoms with Gasteiger partial charge in [0.25, 0.3) is 0 Å². The molecule has 0 radical (unpaired) electrons. The van der Waals surface area contributed by atoms with Gasteiger partial charge in [0.15, 0.2) is 0 Å². The van der Waals surface area contributed by atoms with Crippen molar-refractivity contribution in [2.24, 2.45) is 5.92 Å². The molecule has 1 unspecified atom stereocenters. The largest absolute Gasteiger partial charge is 0.302 e. The van der Waals surface area contributed by atoms with Gasteiger partial charge < -0.3 is 5.32 Å². The highest BCUT2D eigenvalue weighted by atomic mass is 14.9. The van der Waals surface area contributed by atoms with Crippen LogP contribution < -0.4 is 5.32 Å². The molecule has 1 aliphatic carbocycles. The number of hydrogen-bond acceptors (Lipinski definition) is 2. The second-order valence-corrected chi connectivity index (χ2v) is 4.38. The number of nitrogens with one attached hydrogen (secondary N) is 1. The summed E-state index contributed by atoms with van der Waals surface area (Å²) < 4.78 is 0. The lowest BCUT2D eigenvalue weighted by atomic mass is 10.1. The highest BCUT2D eigenvalue weighted by Gasteiger charge is 2.21. The fourth-order valence-corrected chi connectivity index (χ4v) is 1.62. The Morgan fingerprint density at radius 1 is 1.36 bits per heavy atom. The van der Waals surface area contributed by atoms with E-state index in [-0.39, 0.29) is 6.04 Å². The zero-order valence-electron chi connectivity index (χ0n) is 9.26. The van der Waals surface area contributed by atoms with Gasteiger partial charge in [-0.2, -0.15) is 5.26 Å². The van der Waals surface area contributed by atoms with Gasteiger partial charge in [0.05, 0.1) is 12.1 Å². The average Bonchev–Trinajstić information content (AvgIpc) is 3.01. The van der Waals surface area contributed by atoms with Gasteiger partial charge in [-0.1, -0.05) is 32.6 Å². The highest BCUT2D eigenvalue weighted by molar-refractivity contribution is 4.91. The maximum atomic E-state index is 8.90. The minimum absolute atomic E-state index is 0.104. The van der Waals surface area contributed by atoms with Crippen LogP contribution in [0.15, 0.2) is 0 Å². The third-order valence-electron chi connectivity index (χ3n) is 2.85. The molecule has 1 saturated carbocycles. The van der Waals surface area contributed by atoms with Crippen LogP contribution in [0.4, 0.5) is 0 Å². The molecule has 1 N–H and O–H groups in total. The van der Waals surface area contributed by atoms with Crippen LogP contribution in [0.5, 0.6) is 0 Å². The van der Waals surface area contributed by atoms with Crippen LogP contribution in [0.3, 0.4) is 0 Å². The van der Waals surface area contributed by atoms with Gasteiger partial charge >= 0.3 is 0 Å². The Hall–Kier alpha value is -0.550. The zero-order valence-corrected chi connectivity index (χ0v) is 9.26. The van der Waals surface area contributed by atoms with Crippen LogP contribution in [-0.4, -0.2) is 12.6 Å². The van der Waals surface area contributed by atoms with Crippen molar-refractivity contribution >= 4 is 0 Å². The van der Waals surface area contributed by atoms with E-state index in [0.29, 0.717) is 0 Å². The van der Waals surface area contributed by atoms with Crippen molar-refractivity contribution in [2.45, 2.75) is 57.9 Å². The number of rotatable bonds is 8. The predicted octanol–water partition coefficient (Wildman–Crippen LogP) is 2.85. The number of unbranched alkanes of at least 4 members (excludes halogenated alkanes) is 3. The summed E-state index contributed by atoms with van der Waals surface area (Å²) >= 11 is 0. The van der Waals surface area contributed by atoms with Crippen LogP contribution in [0.25, 0.3) is 0 Å². The van der Waals surface area contributed by atoms with Gasteiger partial charge in [0.1, 0.15) is 0 Å². The summed E-state index contributed by atoms with van der Waals surface area (Å²) in [5.41, 5.74) is 0. The molecule has 1 atom stereocenters. The molecule has 0 heterocycles. The smallest absolute Gasteiger partial charge is 0.0953 e. The molecule has 1 aliphatic rings. The van der Waals surface area contributed by atoms with Crippen LogP contribution in [0, 0.1) is 17.2 Å². The van der Waals surface area contributed by atoms with Crippen LogP contribution >= 0.6 is 0 Å². The molecular formula is C12H22N2. The quantitative estimate of drug-likeness (QED) is 0.603. The van der Waals surface area contributed by atoms with E-state index in [1.807, 2.05) is 0 Å². The first kappa shape index (κ1) is 11.5. The van der Waals surface area contributed by atoms with Crippen molar-refractivity contribution in [3.05, 3.63) is 0 Å². The fourth-order valence-electron chi connectivity index (χ4n) is 1.62. The molecule has 0 saturated heterocycles. The lowest BCUT2D eigenvalue weighted by molar-refractivity contribution is 0.511. The van der Waals surface area contributed by atoms with Crippen LogP contribution in [0.1, 0.15) is 51.9 Å². The second kappa shape index (κ2) is 6.84. The fraction of sp³-hybridized carbons (Fsp3) is 0.917. The van der Waals surface area contributed by atoms with Crippen molar-refractivity contribution in [2.75, 3.05) is 6.54 Å². The van der Waals surface area contributed by atoms with Gasteiger partial charge in [-0.05, 0) is 31.7 Å². The summed E-state index contributed by atoms with van der Waals surface area (Å²) in [6, 6.07) is 2.46. The molecule has 0 aromatic carbocycles. The Bertz CT molecular complexity index is 179. The molecule has 2 heteroatoms. The Kier molecular flexibility index (Phi) is 5.63. The average molecular weight is 194 g/mol. The van der Waals surface area contributed by atoms with E-state index < -0.39 is 0 Å². The van der Waals surface area contributed by atoms with Gasteiger partial charge in [0, 0.05) is 0 Å². The van der Waals surface area contributed by atoms with Gasteiger partial charge in [-0.3, -0.25) is 0 Å². The van der Waals surface area contributed by atoms with Gasteiger partial charge in [-0.25, -0.2) is 0 Å². The summed E-state index contributed by atoms with van der Waals surface area (Å²) in [6.45, 7) is 3.28. The van der Waals surface area contributed by atoms with E-state index in [1.165, 1.54) is 38.5 Å². The molecule has 1 rings (SSSR count). The van der Waals surface area contributed by atoms with E-state index in [0.717, 1.165) is 18.9 Å². The molecule has 0 spiro atoms. The highest BCUT2D eigenvalue weighted by Crippen LogP contribution is 2.27. The van der Waals surface area contributed by atoms with Crippen molar-refractivity contribution < 1.29 is 0 Å². The SMILES string of the molecule is CCCCCCC(C#N)NCC1CC1. The summed E-state index contributed by atoms with van der Waals surface area (Å²) in [4.78, 5) is 0. The van der Waals surface area contributed by atoms with E-state index >= 15 is 0 Å². The molecular weight excluding hydrogens is 172 g/mol. The maximum absolute atomic E-state index is 8.90.